The minimum Gasteiger partial charge on any atom is -0.846 e. The Balaban J connectivity index is 0. The average Bonchev–Trinajstić information content (AvgIpc) is 2.56. The van der Waals surface area contributed by atoms with Crippen LogP contribution in [0.15, 0.2) is 4.99 Å². The molecule has 9 heteroatoms. The molecule has 0 aromatic carbocycles. The quantitative estimate of drug-likeness (QED) is 0.240. The van der Waals surface area contributed by atoms with E-state index in [-0.39, 0.29) is 42.1 Å². The predicted molar refractivity (Wildman–Crippen MR) is 91.8 cm³/mol. The van der Waals surface area contributed by atoms with Crippen LogP contribution in [0.1, 0.15) is 47.0 Å². The van der Waals surface area contributed by atoms with Gasteiger partial charge in [-0.25, -0.2) is 4.99 Å². The smallest absolute Gasteiger partial charge is 0.846 e. The number of ether oxygens (including phenoxy) is 2. The molecule has 2 unspecified atom stereocenters. The summed E-state index contributed by atoms with van der Waals surface area (Å²) in [5.41, 5.74) is -1.15. The van der Waals surface area contributed by atoms with Gasteiger partial charge in [0.15, 0.2) is 0 Å². The number of hydrogen-bond acceptors (Lipinski definition) is 6. The molecule has 0 bridgehead atoms. The Bertz CT molecular complexity index is 441. The molecule has 2 atom stereocenters. The Morgan fingerprint density at radius 2 is 1.81 bits per heavy atom. The summed E-state index contributed by atoms with van der Waals surface area (Å²) in [5, 5.41) is 21.3. The van der Waals surface area contributed by atoms with Crippen LogP contribution < -0.4 is 40.0 Å². The average molecular weight is 382 g/mol. The molecule has 8 nitrogen and oxygen atoms in total. The van der Waals surface area contributed by atoms with Crippen LogP contribution in [-0.2, 0) is 19.1 Å². The summed E-state index contributed by atoms with van der Waals surface area (Å²) in [7, 11) is 0. The van der Waals surface area contributed by atoms with E-state index in [0.29, 0.717) is 26.2 Å². The number of aliphatic hydroxyl groups is 1. The van der Waals surface area contributed by atoms with E-state index < -0.39 is 23.3 Å². The number of carbonyl (C=O) groups is 2. The molecule has 1 rings (SSSR count). The van der Waals surface area contributed by atoms with Crippen molar-refractivity contribution in [2.75, 3.05) is 33.0 Å². The molecule has 1 aliphatic heterocycles. The van der Waals surface area contributed by atoms with Gasteiger partial charge in [0.05, 0.1) is 32.4 Å². The van der Waals surface area contributed by atoms with Crippen LogP contribution in [0, 0.1) is 11.3 Å². The van der Waals surface area contributed by atoms with Gasteiger partial charge in [0.1, 0.15) is 5.41 Å². The molecule has 0 saturated carbocycles. The van der Waals surface area contributed by atoms with Crippen molar-refractivity contribution in [2.24, 2.45) is 16.3 Å². The fourth-order valence-corrected chi connectivity index (χ4v) is 2.73. The van der Waals surface area contributed by atoms with E-state index in [4.69, 9.17) is 14.6 Å². The van der Waals surface area contributed by atoms with E-state index >= 15 is 0 Å². The molecule has 26 heavy (non-hydrogen) atoms. The number of amidine groups is 1. The number of hydrogen-bond donors (Lipinski definition) is 2. The van der Waals surface area contributed by atoms with E-state index in [1.54, 1.807) is 6.92 Å². The third kappa shape index (κ3) is 8.45. The van der Waals surface area contributed by atoms with E-state index in [2.05, 4.69) is 10.3 Å². The van der Waals surface area contributed by atoms with Gasteiger partial charge >= 0.3 is 29.6 Å². The summed E-state index contributed by atoms with van der Waals surface area (Å²) >= 11 is 0. The van der Waals surface area contributed by atoms with E-state index in [9.17, 15) is 14.7 Å². The summed E-state index contributed by atoms with van der Waals surface area (Å²) in [6.45, 7) is 9.98. The maximum absolute atomic E-state index is 11.9. The van der Waals surface area contributed by atoms with Crippen molar-refractivity contribution in [3.8, 4) is 0 Å². The Hall–Kier alpha value is -0.510. The first kappa shape index (κ1) is 27.7. The van der Waals surface area contributed by atoms with Gasteiger partial charge in [0.2, 0.25) is 5.91 Å². The van der Waals surface area contributed by atoms with E-state index in [1.807, 2.05) is 20.8 Å². The molecule has 0 aromatic heterocycles. The van der Waals surface area contributed by atoms with Crippen molar-refractivity contribution in [1.82, 2.24) is 5.32 Å². The predicted octanol–water partition coefficient (Wildman–Crippen LogP) is -2.77. The maximum atomic E-state index is 11.9. The molecule has 2 N–H and O–H groups in total. The molecule has 1 heterocycles. The molecule has 0 aliphatic carbocycles. The number of rotatable bonds is 10. The van der Waals surface area contributed by atoms with Gasteiger partial charge < -0.3 is 25.0 Å². The Labute approximate surface area is 178 Å². The molecule has 2 amide bonds. The maximum Gasteiger partial charge on any atom is 1.00 e. The molecule has 146 valence electrons. The van der Waals surface area contributed by atoms with Crippen LogP contribution in [-0.4, -0.2) is 56.0 Å². The largest absolute Gasteiger partial charge is 1.00 e. The van der Waals surface area contributed by atoms with Gasteiger partial charge in [-0.1, -0.05) is 27.2 Å². The SMILES string of the molecule is CCCC(C)C1(CC)C(=O)N=C([O-])NC1=O.CCOCCOCCO.[Na+]. The van der Waals surface area contributed by atoms with E-state index in [1.165, 1.54) is 0 Å². The normalized spacial score (nSPS) is 20.3. The molecule has 0 radical (unpaired) electrons. The molecular formula is C17H31N2NaO6. The first-order valence-electron chi connectivity index (χ1n) is 8.78. The van der Waals surface area contributed by atoms with Gasteiger partial charge in [0.25, 0.3) is 5.91 Å². The second-order valence-corrected chi connectivity index (χ2v) is 5.72. The Morgan fingerprint density at radius 1 is 1.19 bits per heavy atom. The van der Waals surface area contributed by atoms with Gasteiger partial charge in [-0.3, -0.25) is 9.59 Å². The summed E-state index contributed by atoms with van der Waals surface area (Å²) in [4.78, 5) is 27.1. The van der Waals surface area contributed by atoms with Crippen molar-refractivity contribution in [1.29, 1.82) is 0 Å². The summed E-state index contributed by atoms with van der Waals surface area (Å²) < 4.78 is 9.88. The van der Waals surface area contributed by atoms with Crippen molar-refractivity contribution in [2.45, 2.75) is 47.0 Å². The zero-order valence-corrected chi connectivity index (χ0v) is 18.7. The van der Waals surface area contributed by atoms with Crippen LogP contribution >= 0.6 is 0 Å². The molecule has 1 aliphatic rings. The van der Waals surface area contributed by atoms with Crippen LogP contribution in [0.2, 0.25) is 0 Å². The fraction of sp³-hybridized carbons (Fsp3) is 0.824. The van der Waals surface area contributed by atoms with Crippen LogP contribution in [0.3, 0.4) is 0 Å². The molecule has 0 spiro atoms. The summed E-state index contributed by atoms with van der Waals surface area (Å²) in [6.07, 6.45) is 2.02. The van der Waals surface area contributed by atoms with Crippen LogP contribution in [0.4, 0.5) is 0 Å². The van der Waals surface area contributed by atoms with E-state index in [0.717, 1.165) is 19.4 Å². The molecular weight excluding hydrogens is 351 g/mol. The van der Waals surface area contributed by atoms with Gasteiger partial charge in [-0.2, -0.15) is 0 Å². The van der Waals surface area contributed by atoms with Crippen LogP contribution in [0.5, 0.6) is 0 Å². The molecule has 0 saturated heterocycles. The summed E-state index contributed by atoms with van der Waals surface area (Å²) in [5.74, 6) is -1.20. The molecule has 0 fully saturated rings. The second-order valence-electron chi connectivity index (χ2n) is 5.72. The topological polar surface area (TPSA) is 120 Å². The third-order valence-electron chi connectivity index (χ3n) is 4.14. The number of aliphatic hydroxyl groups excluding tert-OH is 1. The Morgan fingerprint density at radius 3 is 2.27 bits per heavy atom. The monoisotopic (exact) mass is 382 g/mol. The number of amides is 2. The van der Waals surface area contributed by atoms with Gasteiger partial charge in [-0.15, -0.1) is 0 Å². The summed E-state index contributed by atoms with van der Waals surface area (Å²) in [6, 6.07) is -0.845. The standard InChI is InChI=1S/C11H18N2O3.C6H14O3.Na/c1-4-6-7(3)11(5-2)8(14)12-10(16)13-9(11)15;1-2-8-5-6-9-4-3-7;/h7H,4-6H2,1-3H3,(H2,12,13,14,15,16);7H,2-6H2,1H3;/q;;+1/p-1. The minimum absolute atomic E-state index is 0. The van der Waals surface area contributed by atoms with Crippen molar-refractivity contribution in [3.05, 3.63) is 0 Å². The minimum atomic E-state index is -1.15. The number of nitrogens with zero attached hydrogens (tertiary/aromatic N) is 1. The fourth-order valence-electron chi connectivity index (χ4n) is 2.73. The second kappa shape index (κ2) is 15.5. The number of nitrogens with one attached hydrogen (secondary N) is 1. The molecule has 0 aromatic rings. The van der Waals surface area contributed by atoms with Crippen molar-refractivity contribution in [3.63, 3.8) is 0 Å². The number of aliphatic imine (C=N–C) groups is 1. The zero-order valence-electron chi connectivity index (χ0n) is 16.7. The third-order valence-corrected chi connectivity index (χ3v) is 4.14. The van der Waals surface area contributed by atoms with Gasteiger partial charge in [0, 0.05) is 6.61 Å². The zero-order chi connectivity index (χ0) is 19.3. The van der Waals surface area contributed by atoms with Crippen LogP contribution in [0.25, 0.3) is 0 Å². The first-order valence-corrected chi connectivity index (χ1v) is 8.78. The van der Waals surface area contributed by atoms with Crippen molar-refractivity contribution < 1.29 is 58.8 Å². The number of carbonyl (C=O) groups excluding carboxylic acids is 2. The van der Waals surface area contributed by atoms with Gasteiger partial charge in [-0.05, 0) is 25.7 Å². The van der Waals surface area contributed by atoms with Crippen molar-refractivity contribution >= 4 is 17.8 Å². The Kier molecular flexibility index (Phi) is 16.6. The first-order chi connectivity index (χ1) is 11.9.